The number of benzene rings is 6. The minimum atomic E-state index is -0.799. The monoisotopic (exact) mass is 642 g/mol. The highest BCUT2D eigenvalue weighted by molar-refractivity contribution is 6.18. The van der Waals surface area contributed by atoms with Gasteiger partial charge in [0.15, 0.2) is 5.66 Å². The maximum atomic E-state index is 7.05. The van der Waals surface area contributed by atoms with Crippen LogP contribution < -0.4 is 10.1 Å². The van der Waals surface area contributed by atoms with Crippen molar-refractivity contribution in [1.82, 2.24) is 9.88 Å². The third-order valence-electron chi connectivity index (χ3n) is 10.9. The Kier molecular flexibility index (Phi) is 5.52. The topological polar surface area (TPSA) is 50.9 Å². The molecule has 5 heteroatoms. The molecule has 236 valence electrons. The number of nitrogens with one attached hydrogen (secondary N) is 1. The van der Waals surface area contributed by atoms with Gasteiger partial charge in [-0.05, 0) is 35.9 Å². The lowest BCUT2D eigenvalue weighted by atomic mass is 9.86. The first kappa shape index (κ1) is 27.5. The Hall–Kier alpha value is -6.46. The van der Waals surface area contributed by atoms with E-state index in [-0.39, 0.29) is 5.92 Å². The predicted octanol–water partition coefficient (Wildman–Crippen LogP) is 9.36. The summed E-state index contributed by atoms with van der Waals surface area (Å²) in [5.41, 5.74) is 7.53. The van der Waals surface area contributed by atoms with E-state index < -0.39 is 11.1 Å². The van der Waals surface area contributed by atoms with Gasteiger partial charge in [0, 0.05) is 44.6 Å². The molecule has 1 N–H and O–H groups in total. The summed E-state index contributed by atoms with van der Waals surface area (Å²) >= 11 is 0. The zero-order chi connectivity index (χ0) is 32.9. The van der Waals surface area contributed by atoms with Crippen molar-refractivity contribution >= 4 is 33.5 Å². The van der Waals surface area contributed by atoms with Crippen LogP contribution in [-0.2, 0) is 5.41 Å². The molecule has 2 aliphatic carbocycles. The lowest BCUT2D eigenvalue weighted by Gasteiger charge is -2.25. The van der Waals surface area contributed by atoms with Gasteiger partial charge < -0.3 is 14.6 Å². The molecule has 2 atom stereocenters. The van der Waals surface area contributed by atoms with Crippen LogP contribution in [0.2, 0.25) is 0 Å². The third kappa shape index (κ3) is 3.51. The van der Waals surface area contributed by atoms with Crippen molar-refractivity contribution in [2.75, 3.05) is 0 Å². The lowest BCUT2D eigenvalue weighted by Crippen LogP contribution is -2.40. The number of hydrogen-bond donors (Lipinski definition) is 1. The van der Waals surface area contributed by atoms with Gasteiger partial charge in [0.05, 0.1) is 11.0 Å². The Morgan fingerprint density at radius 1 is 0.600 bits per heavy atom. The molecule has 1 aromatic heterocycles. The maximum absolute atomic E-state index is 7.05. The number of amidine groups is 2. The number of hydrogen-bond acceptors (Lipinski definition) is 4. The summed E-state index contributed by atoms with van der Waals surface area (Å²) in [6, 6.07) is 53.2. The van der Waals surface area contributed by atoms with E-state index in [4.69, 9.17) is 14.7 Å². The van der Waals surface area contributed by atoms with E-state index in [2.05, 4.69) is 168 Å². The Balaban J connectivity index is 1.15. The number of rotatable bonds is 4. The summed E-state index contributed by atoms with van der Waals surface area (Å²) in [5, 5.41) is 6.02. The molecule has 6 aromatic carbocycles. The second kappa shape index (κ2) is 10.0. The van der Waals surface area contributed by atoms with E-state index in [1.165, 1.54) is 16.3 Å². The molecule has 50 heavy (non-hydrogen) atoms. The smallest absolute Gasteiger partial charge is 0.179 e. The first-order chi connectivity index (χ1) is 24.8. The Bertz CT molecular complexity index is 2600. The molecule has 0 saturated heterocycles. The van der Waals surface area contributed by atoms with Gasteiger partial charge in [0.25, 0.3) is 0 Å². The minimum absolute atomic E-state index is 0.00168. The zero-order valence-corrected chi connectivity index (χ0v) is 27.0. The molecule has 5 nitrogen and oxygen atoms in total. The number of ether oxygens (including phenoxy) is 1. The van der Waals surface area contributed by atoms with Crippen molar-refractivity contribution in [3.05, 3.63) is 192 Å². The van der Waals surface area contributed by atoms with Gasteiger partial charge in [-0.1, -0.05) is 140 Å². The first-order valence-corrected chi connectivity index (χ1v) is 17.1. The van der Waals surface area contributed by atoms with Gasteiger partial charge in [-0.3, -0.25) is 0 Å². The third-order valence-corrected chi connectivity index (χ3v) is 10.9. The molecule has 3 heterocycles. The predicted molar refractivity (Wildman–Crippen MR) is 201 cm³/mol. The number of aliphatic imine (C=N–C) groups is 2. The normalized spacial score (nSPS) is 20.6. The molecule has 0 amide bonds. The number of fused-ring (bicyclic) bond motifs is 5. The Labute approximate surface area is 289 Å². The van der Waals surface area contributed by atoms with E-state index in [1.807, 2.05) is 12.1 Å². The van der Waals surface area contributed by atoms with Crippen LogP contribution in [0, 0.1) is 5.92 Å². The van der Waals surface area contributed by atoms with E-state index in [0.29, 0.717) is 0 Å². The fourth-order valence-corrected chi connectivity index (χ4v) is 8.78. The number of aromatic nitrogens is 1. The summed E-state index contributed by atoms with van der Waals surface area (Å²) in [5.74, 6) is 3.43. The highest BCUT2D eigenvalue weighted by Gasteiger charge is 2.84. The van der Waals surface area contributed by atoms with E-state index >= 15 is 0 Å². The zero-order valence-electron chi connectivity index (χ0n) is 27.0. The van der Waals surface area contributed by atoms with Crippen LogP contribution in [0.25, 0.3) is 38.6 Å². The molecule has 4 aliphatic rings. The minimum Gasteiger partial charge on any atom is -0.460 e. The highest BCUT2D eigenvalue weighted by Crippen LogP contribution is 2.76. The van der Waals surface area contributed by atoms with Gasteiger partial charge in [-0.2, -0.15) is 0 Å². The first-order valence-electron chi connectivity index (χ1n) is 17.1. The van der Waals surface area contributed by atoms with Gasteiger partial charge in [-0.15, -0.1) is 0 Å². The van der Waals surface area contributed by atoms with E-state index in [1.54, 1.807) is 0 Å². The Morgan fingerprint density at radius 3 is 1.96 bits per heavy atom. The van der Waals surface area contributed by atoms with Crippen LogP contribution in [0.5, 0.6) is 5.75 Å². The SMILES string of the molecule is C1=CC2C3(N=C(c4ccccc4)NC(c4ccccc4)=N3)C23C(=C1)Oc1c(-c2cccc4c2c2ccccc2n4-c2ccccc2)cccc13. The Morgan fingerprint density at radius 2 is 1.22 bits per heavy atom. The van der Waals surface area contributed by atoms with Crippen molar-refractivity contribution in [2.45, 2.75) is 11.1 Å². The average Bonchev–Trinajstić information content (AvgIpc) is 3.42. The van der Waals surface area contributed by atoms with Crippen molar-refractivity contribution < 1.29 is 4.74 Å². The fraction of sp³-hybridized carbons (Fsp3) is 0.0667. The van der Waals surface area contributed by atoms with Gasteiger partial charge in [0.2, 0.25) is 0 Å². The van der Waals surface area contributed by atoms with Crippen LogP contribution in [0.1, 0.15) is 16.7 Å². The molecule has 2 spiro atoms. The van der Waals surface area contributed by atoms with Gasteiger partial charge >= 0.3 is 0 Å². The molecule has 7 aromatic rings. The van der Waals surface area contributed by atoms with Crippen LogP contribution in [0.4, 0.5) is 0 Å². The largest absolute Gasteiger partial charge is 0.460 e. The molecule has 0 bridgehead atoms. The number of para-hydroxylation sites is 3. The van der Waals surface area contributed by atoms with Crippen LogP contribution >= 0.6 is 0 Å². The number of allylic oxidation sites excluding steroid dienone is 2. The molecule has 0 radical (unpaired) electrons. The molecular weight excluding hydrogens is 613 g/mol. The second-order valence-electron chi connectivity index (χ2n) is 13.4. The van der Waals surface area contributed by atoms with Crippen LogP contribution in [0.15, 0.2) is 186 Å². The van der Waals surface area contributed by atoms with Crippen molar-refractivity contribution in [3.63, 3.8) is 0 Å². The van der Waals surface area contributed by atoms with Crippen LogP contribution in [-0.4, -0.2) is 21.9 Å². The van der Waals surface area contributed by atoms with Gasteiger partial charge in [-0.25, -0.2) is 9.98 Å². The van der Waals surface area contributed by atoms with Crippen molar-refractivity contribution in [2.24, 2.45) is 15.9 Å². The van der Waals surface area contributed by atoms with Gasteiger partial charge in [0.1, 0.15) is 28.6 Å². The molecule has 2 aliphatic heterocycles. The second-order valence-corrected chi connectivity index (χ2v) is 13.4. The average molecular weight is 643 g/mol. The van der Waals surface area contributed by atoms with E-state index in [9.17, 15) is 0 Å². The van der Waals surface area contributed by atoms with Crippen molar-refractivity contribution in [1.29, 1.82) is 0 Å². The number of nitrogens with zero attached hydrogens (tertiary/aromatic N) is 3. The molecule has 2 unspecified atom stereocenters. The van der Waals surface area contributed by atoms with Crippen LogP contribution in [0.3, 0.4) is 0 Å². The fourth-order valence-electron chi connectivity index (χ4n) is 8.78. The maximum Gasteiger partial charge on any atom is 0.179 e. The lowest BCUT2D eigenvalue weighted by molar-refractivity contribution is 0.405. The molecular formula is C45H30N4O. The highest BCUT2D eigenvalue weighted by atomic mass is 16.5. The van der Waals surface area contributed by atoms with Crippen molar-refractivity contribution in [3.8, 4) is 22.6 Å². The summed E-state index contributed by atoms with van der Waals surface area (Å²) in [6.45, 7) is 0. The summed E-state index contributed by atoms with van der Waals surface area (Å²) in [4.78, 5) is 11.0. The summed E-state index contributed by atoms with van der Waals surface area (Å²) < 4.78 is 9.41. The summed E-state index contributed by atoms with van der Waals surface area (Å²) in [7, 11) is 0. The molecule has 1 saturated carbocycles. The summed E-state index contributed by atoms with van der Waals surface area (Å²) in [6.07, 6.45) is 6.50. The molecule has 11 rings (SSSR count). The molecule has 1 fully saturated rings. The standard InChI is InChI=1S/C45H30N4O/c1-4-15-29(16-5-1)42-46-43(30-17-6-2-7-18-30)48-45(47-42)38-27-14-28-39-44(38,45)35-24-12-23-33(41(35)50-39)32-22-13-26-37-40(32)34-21-10-11-25-36(34)49(37)31-19-8-3-9-20-31/h1-28,38H,(H,46,47,48). The quantitative estimate of drug-likeness (QED) is 0.208. The van der Waals surface area contributed by atoms with E-state index in [0.717, 1.165) is 62.2 Å².